The van der Waals surface area contributed by atoms with E-state index >= 15 is 0 Å². The number of hydrogen-bond acceptors (Lipinski definition) is 5. The molecule has 0 unspecified atom stereocenters. The lowest BCUT2D eigenvalue weighted by atomic mass is 10.3. The van der Waals surface area contributed by atoms with Crippen molar-refractivity contribution >= 4 is 20.3 Å². The maximum absolute atomic E-state index is 12.1. The van der Waals surface area contributed by atoms with Crippen LogP contribution in [0.1, 0.15) is 0 Å². The summed E-state index contributed by atoms with van der Waals surface area (Å²) in [7, 11) is -8.69. The molecule has 5 nitrogen and oxygen atoms in total. The fourth-order valence-electron chi connectivity index (χ4n) is 0.896. The van der Waals surface area contributed by atoms with Gasteiger partial charge in [0, 0.05) is 5.41 Å². The zero-order valence-electron chi connectivity index (χ0n) is 7.83. The van der Waals surface area contributed by atoms with Gasteiger partial charge in [0.2, 0.25) is 0 Å². The molecule has 0 heterocycles. The summed E-state index contributed by atoms with van der Waals surface area (Å²) < 4.78 is 58.7. The van der Waals surface area contributed by atoms with Crippen molar-refractivity contribution in [2.24, 2.45) is 0 Å². The van der Waals surface area contributed by atoms with Crippen LogP contribution in [0.4, 0.5) is 3.89 Å². The van der Waals surface area contributed by atoms with E-state index in [1.165, 1.54) is 0 Å². The zero-order chi connectivity index (χ0) is 12.4. The Morgan fingerprint density at radius 1 is 1.12 bits per heavy atom. The van der Waals surface area contributed by atoms with Crippen molar-refractivity contribution in [2.75, 3.05) is 0 Å². The van der Waals surface area contributed by atoms with Crippen molar-refractivity contribution in [2.45, 2.75) is 4.90 Å². The van der Waals surface area contributed by atoms with Crippen LogP contribution < -0.4 is 4.18 Å². The molecule has 1 rings (SSSR count). The molecular weight excluding hydrogens is 259 g/mol. The molecule has 0 radical (unpaired) electrons. The van der Waals surface area contributed by atoms with Crippen molar-refractivity contribution in [3.05, 3.63) is 36.3 Å². The summed E-state index contributed by atoms with van der Waals surface area (Å²) >= 11 is 0. The summed E-state index contributed by atoms with van der Waals surface area (Å²) in [5, 5.41) is 0.745. The lowest BCUT2D eigenvalue weighted by Crippen LogP contribution is -2.01. The minimum Gasteiger partial charge on any atom is -0.358 e. The first-order chi connectivity index (χ1) is 7.24. The molecule has 0 spiro atoms. The molecule has 0 saturated carbocycles. The van der Waals surface area contributed by atoms with Gasteiger partial charge in [-0.15, -0.1) is 0 Å². The van der Waals surface area contributed by atoms with Crippen LogP contribution in [-0.4, -0.2) is 16.8 Å². The molecule has 0 bridgehead atoms. The lowest BCUT2D eigenvalue weighted by Gasteiger charge is -2.01. The van der Waals surface area contributed by atoms with E-state index in [4.69, 9.17) is 0 Å². The Balaban J connectivity index is 3.06. The fourth-order valence-corrected chi connectivity index (χ4v) is 1.94. The quantitative estimate of drug-likeness (QED) is 0.765. The van der Waals surface area contributed by atoms with Crippen molar-refractivity contribution in [3.8, 4) is 5.75 Å². The van der Waals surface area contributed by atoms with Gasteiger partial charge < -0.3 is 4.18 Å². The Morgan fingerprint density at radius 2 is 1.62 bits per heavy atom. The molecule has 0 atom stereocenters. The molecule has 0 saturated heterocycles. The molecule has 0 amide bonds. The van der Waals surface area contributed by atoms with E-state index in [1.807, 2.05) is 0 Å². The predicted molar refractivity (Wildman–Crippen MR) is 54.5 cm³/mol. The number of hydrogen-bond donors (Lipinski definition) is 0. The first-order valence-corrected chi connectivity index (χ1v) is 6.72. The number of benzene rings is 1. The zero-order valence-corrected chi connectivity index (χ0v) is 9.46. The average Bonchev–Trinajstić information content (AvgIpc) is 2.16. The molecule has 1 aromatic carbocycles. The molecular formula is C8H7FO5S2. The minimum absolute atomic E-state index is 0.0916. The highest BCUT2D eigenvalue weighted by Crippen LogP contribution is 2.18. The molecule has 8 heteroatoms. The number of rotatable bonds is 4. The molecule has 0 aliphatic carbocycles. The third-order valence-electron chi connectivity index (χ3n) is 1.57. The van der Waals surface area contributed by atoms with Gasteiger partial charge in [-0.1, -0.05) is 10.5 Å². The minimum atomic E-state index is -5.10. The van der Waals surface area contributed by atoms with E-state index < -0.39 is 20.3 Å². The van der Waals surface area contributed by atoms with Crippen LogP contribution in [0.3, 0.4) is 0 Å². The maximum atomic E-state index is 12.1. The normalized spacial score (nSPS) is 12.1. The molecule has 0 aliphatic heterocycles. The highest BCUT2D eigenvalue weighted by molar-refractivity contribution is 7.94. The fraction of sp³-hybridized carbons (Fsp3) is 0. The van der Waals surface area contributed by atoms with Crippen LogP contribution in [0.2, 0.25) is 0 Å². The molecule has 0 aliphatic rings. The van der Waals surface area contributed by atoms with E-state index in [0.717, 1.165) is 29.7 Å². The predicted octanol–water partition coefficient (Wildman–Crippen LogP) is 1.20. The number of sulfone groups is 1. The Kier molecular flexibility index (Phi) is 3.34. The Labute approximate surface area is 92.5 Å². The molecule has 88 valence electrons. The summed E-state index contributed by atoms with van der Waals surface area (Å²) in [4.78, 5) is -0.0916. The van der Waals surface area contributed by atoms with Crippen molar-refractivity contribution in [1.82, 2.24) is 0 Å². The smallest absolute Gasteiger partial charge is 0.358 e. The summed E-state index contributed by atoms with van der Waals surface area (Å²) in [5.41, 5.74) is 0. The highest BCUT2D eigenvalue weighted by Gasteiger charge is 2.12. The van der Waals surface area contributed by atoms with Crippen LogP contribution in [-0.2, 0) is 20.3 Å². The summed E-state index contributed by atoms with van der Waals surface area (Å²) in [5.74, 6) is -0.314. The third kappa shape index (κ3) is 3.31. The SMILES string of the molecule is C=CS(=O)(=O)c1ccc(OS(=O)(=O)F)cc1. The standard InChI is InChI=1S/C8H7FO5S2/c1-2-15(10,11)8-5-3-7(4-6-8)14-16(9,12)13/h2-6H,1H2. The molecule has 1 aromatic rings. The van der Waals surface area contributed by atoms with E-state index in [9.17, 15) is 20.7 Å². The first kappa shape index (κ1) is 12.7. The van der Waals surface area contributed by atoms with Crippen LogP contribution in [0.5, 0.6) is 5.75 Å². The summed E-state index contributed by atoms with van der Waals surface area (Å²) in [6, 6.07) is 4.20. The summed E-state index contributed by atoms with van der Waals surface area (Å²) in [6.45, 7) is 3.12. The van der Waals surface area contributed by atoms with E-state index in [1.54, 1.807) is 0 Å². The Bertz CT molecular complexity index is 586. The van der Waals surface area contributed by atoms with Gasteiger partial charge in [0.25, 0.3) is 0 Å². The van der Waals surface area contributed by atoms with E-state index in [0.29, 0.717) is 0 Å². The van der Waals surface area contributed by atoms with Gasteiger partial charge in [0.1, 0.15) is 5.75 Å². The Hall–Kier alpha value is -1.41. The largest absolute Gasteiger partial charge is 0.488 e. The van der Waals surface area contributed by atoms with E-state index in [2.05, 4.69) is 10.8 Å². The van der Waals surface area contributed by atoms with Crippen LogP contribution in [0, 0.1) is 0 Å². The van der Waals surface area contributed by atoms with Gasteiger partial charge >= 0.3 is 10.5 Å². The molecule has 16 heavy (non-hydrogen) atoms. The highest BCUT2D eigenvalue weighted by atomic mass is 32.3. The van der Waals surface area contributed by atoms with Gasteiger partial charge in [0.15, 0.2) is 9.84 Å². The Morgan fingerprint density at radius 3 is 2.00 bits per heavy atom. The second-order valence-electron chi connectivity index (χ2n) is 2.66. The van der Waals surface area contributed by atoms with Gasteiger partial charge in [-0.2, -0.15) is 8.42 Å². The average molecular weight is 266 g/mol. The van der Waals surface area contributed by atoms with Crippen molar-refractivity contribution in [1.29, 1.82) is 0 Å². The first-order valence-electron chi connectivity index (χ1n) is 3.86. The second kappa shape index (κ2) is 4.22. The number of halogens is 1. The lowest BCUT2D eigenvalue weighted by molar-refractivity contribution is 0.440. The molecule has 0 N–H and O–H groups in total. The monoisotopic (exact) mass is 266 g/mol. The van der Waals surface area contributed by atoms with E-state index in [-0.39, 0.29) is 10.6 Å². The van der Waals surface area contributed by atoms with Crippen LogP contribution in [0.15, 0.2) is 41.1 Å². The van der Waals surface area contributed by atoms with Gasteiger partial charge in [-0.05, 0) is 24.3 Å². The van der Waals surface area contributed by atoms with Crippen molar-refractivity contribution in [3.63, 3.8) is 0 Å². The second-order valence-corrected chi connectivity index (χ2v) is 5.51. The van der Waals surface area contributed by atoms with Gasteiger partial charge in [0.05, 0.1) is 4.90 Å². The molecule has 0 fully saturated rings. The maximum Gasteiger partial charge on any atom is 0.488 e. The van der Waals surface area contributed by atoms with Crippen molar-refractivity contribution < 1.29 is 24.9 Å². The third-order valence-corrected chi connectivity index (χ3v) is 3.33. The van der Waals surface area contributed by atoms with Crippen LogP contribution >= 0.6 is 0 Å². The topological polar surface area (TPSA) is 77.5 Å². The summed E-state index contributed by atoms with van der Waals surface area (Å²) in [6.07, 6.45) is 0. The van der Waals surface area contributed by atoms with Gasteiger partial charge in [-0.3, -0.25) is 0 Å². The van der Waals surface area contributed by atoms with Gasteiger partial charge in [-0.25, -0.2) is 8.42 Å². The van der Waals surface area contributed by atoms with Crippen LogP contribution in [0.25, 0.3) is 0 Å². The molecule has 0 aromatic heterocycles.